The van der Waals surface area contributed by atoms with Crippen LogP contribution in [0.3, 0.4) is 0 Å². The maximum Gasteiger partial charge on any atom is 0.251 e. The van der Waals surface area contributed by atoms with E-state index in [2.05, 4.69) is 39.6 Å². The average Bonchev–Trinajstić information content (AvgIpc) is 3.25. The number of nitrogens with one attached hydrogen (secondary N) is 3. The molecule has 1 heterocycles. The van der Waals surface area contributed by atoms with Crippen LogP contribution in [0, 0.1) is 6.92 Å². The molecule has 3 N–H and O–H groups in total. The summed E-state index contributed by atoms with van der Waals surface area (Å²) < 4.78 is 0. The molecule has 1 aliphatic rings. The van der Waals surface area contributed by atoms with Crippen molar-refractivity contribution in [1.29, 1.82) is 0 Å². The van der Waals surface area contributed by atoms with Crippen molar-refractivity contribution in [2.75, 3.05) is 32.5 Å². The molecule has 1 amide bonds. The Labute approximate surface area is 185 Å². The summed E-state index contributed by atoms with van der Waals surface area (Å²) in [5.74, 6) is -0.117. The van der Waals surface area contributed by atoms with Gasteiger partial charge in [-0.1, -0.05) is 30.9 Å². The van der Waals surface area contributed by atoms with Crippen molar-refractivity contribution in [3.63, 3.8) is 0 Å². The highest BCUT2D eigenvalue weighted by Crippen LogP contribution is 2.25. The largest absolute Gasteiger partial charge is 0.385 e. The van der Waals surface area contributed by atoms with Crippen molar-refractivity contribution >= 4 is 23.2 Å². The van der Waals surface area contributed by atoms with Gasteiger partial charge in [0.25, 0.3) is 5.91 Å². The van der Waals surface area contributed by atoms with E-state index >= 15 is 0 Å². The smallest absolute Gasteiger partial charge is 0.251 e. The number of imidazole rings is 1. The average molecular weight is 434 g/mol. The fourth-order valence-corrected chi connectivity index (χ4v) is 3.93. The van der Waals surface area contributed by atoms with E-state index in [0.717, 1.165) is 29.5 Å². The molecule has 1 fully saturated rings. The van der Waals surface area contributed by atoms with E-state index in [-0.39, 0.29) is 5.91 Å². The Morgan fingerprint density at radius 3 is 2.57 bits per heavy atom. The summed E-state index contributed by atoms with van der Waals surface area (Å²) in [7, 11) is 4.38. The molecule has 0 radical (unpaired) electrons. The topological polar surface area (TPSA) is 73.0 Å². The summed E-state index contributed by atoms with van der Waals surface area (Å²) in [4.78, 5) is 21.6. The van der Waals surface area contributed by atoms with Crippen LogP contribution in [0.2, 0.25) is 5.02 Å². The lowest BCUT2D eigenvalue weighted by molar-refractivity contribution is 0.0953. The molecule has 166 valence electrons. The molecule has 0 unspecified atom stereocenters. The standard InChI is InChI=1S/C15H19ClN4O.C8H17N/c1-3-18-14-7-11(16)6-13(10(14)2)15(21)19-5-4-12-8-17-9-20-12;1-9(2)8-6-4-3-5-7-8/h6-9,18H,3-5H2,1-2H3,(H,17,20)(H,19,21);8H,3-7H2,1-2H3. The molecule has 7 heteroatoms. The lowest BCUT2D eigenvalue weighted by Crippen LogP contribution is -2.29. The van der Waals surface area contributed by atoms with Gasteiger partial charge in [-0.05, 0) is 58.5 Å². The highest BCUT2D eigenvalue weighted by molar-refractivity contribution is 6.31. The summed E-state index contributed by atoms with van der Waals surface area (Å²) in [5.41, 5.74) is 3.39. The minimum absolute atomic E-state index is 0.117. The highest BCUT2D eigenvalue weighted by Gasteiger charge is 2.14. The third-order valence-electron chi connectivity index (χ3n) is 5.52. The monoisotopic (exact) mass is 433 g/mol. The molecule has 2 aromatic rings. The predicted octanol–water partition coefficient (Wildman–Crippen LogP) is 4.66. The SMILES string of the molecule is CCNc1cc(Cl)cc(C(=O)NCCc2cnc[nH]2)c1C.CN(C)C1CCCCC1. The number of amides is 1. The Morgan fingerprint density at radius 1 is 1.27 bits per heavy atom. The Kier molecular flexibility index (Phi) is 10.2. The minimum Gasteiger partial charge on any atom is -0.385 e. The normalized spacial score (nSPS) is 14.2. The van der Waals surface area contributed by atoms with Crippen molar-refractivity contribution in [2.45, 2.75) is 58.4 Å². The fraction of sp³-hybridized carbons (Fsp3) is 0.565. The molecule has 0 atom stereocenters. The van der Waals surface area contributed by atoms with Crippen LogP contribution in [0.15, 0.2) is 24.7 Å². The molecule has 0 spiro atoms. The maximum atomic E-state index is 12.3. The molecule has 1 aromatic heterocycles. The summed E-state index contributed by atoms with van der Waals surface area (Å²) in [6, 6.07) is 4.42. The van der Waals surface area contributed by atoms with Gasteiger partial charge in [0.15, 0.2) is 0 Å². The maximum absolute atomic E-state index is 12.3. The summed E-state index contributed by atoms with van der Waals surface area (Å²) in [6.45, 7) is 5.24. The molecule has 0 aliphatic heterocycles. The molecule has 6 nitrogen and oxygen atoms in total. The third-order valence-corrected chi connectivity index (χ3v) is 5.74. The second-order valence-electron chi connectivity index (χ2n) is 7.99. The first kappa shape index (κ1) is 24.2. The number of halogens is 1. The number of hydrogen-bond donors (Lipinski definition) is 3. The zero-order valence-corrected chi connectivity index (χ0v) is 19.5. The van der Waals surface area contributed by atoms with Gasteiger partial charge in [0.2, 0.25) is 0 Å². The van der Waals surface area contributed by atoms with Crippen LogP contribution in [0.5, 0.6) is 0 Å². The summed E-state index contributed by atoms with van der Waals surface area (Å²) >= 11 is 6.08. The van der Waals surface area contributed by atoms with Crippen LogP contribution in [-0.2, 0) is 6.42 Å². The number of rotatable bonds is 7. The van der Waals surface area contributed by atoms with Gasteiger partial charge in [0.05, 0.1) is 6.33 Å². The van der Waals surface area contributed by atoms with E-state index in [9.17, 15) is 4.79 Å². The summed E-state index contributed by atoms with van der Waals surface area (Å²) in [6.07, 6.45) is 11.3. The lowest BCUT2D eigenvalue weighted by atomic mass is 9.95. The number of benzene rings is 1. The molecular weight excluding hydrogens is 398 g/mol. The van der Waals surface area contributed by atoms with Gasteiger partial charge in [0.1, 0.15) is 0 Å². The van der Waals surface area contributed by atoms with E-state index in [4.69, 9.17) is 11.6 Å². The van der Waals surface area contributed by atoms with Gasteiger partial charge in [-0.3, -0.25) is 4.79 Å². The molecule has 1 aromatic carbocycles. The van der Waals surface area contributed by atoms with Crippen molar-refractivity contribution in [3.05, 3.63) is 46.5 Å². The van der Waals surface area contributed by atoms with Crippen LogP contribution in [0.1, 0.15) is 60.6 Å². The second-order valence-corrected chi connectivity index (χ2v) is 8.43. The van der Waals surface area contributed by atoms with Crippen LogP contribution < -0.4 is 10.6 Å². The molecule has 1 saturated carbocycles. The van der Waals surface area contributed by atoms with Crippen molar-refractivity contribution in [3.8, 4) is 0 Å². The molecule has 0 saturated heterocycles. The van der Waals surface area contributed by atoms with Crippen molar-refractivity contribution in [1.82, 2.24) is 20.2 Å². The van der Waals surface area contributed by atoms with Crippen LogP contribution in [-0.4, -0.2) is 54.0 Å². The van der Waals surface area contributed by atoms with Crippen molar-refractivity contribution < 1.29 is 4.79 Å². The predicted molar refractivity (Wildman–Crippen MR) is 126 cm³/mol. The first-order valence-electron chi connectivity index (χ1n) is 10.9. The molecular formula is C23H36ClN5O. The number of H-pyrrole nitrogens is 1. The van der Waals surface area contributed by atoms with Gasteiger partial charge >= 0.3 is 0 Å². The minimum atomic E-state index is -0.117. The lowest BCUT2D eigenvalue weighted by Gasteiger charge is -2.27. The quantitative estimate of drug-likeness (QED) is 0.593. The van der Waals surface area contributed by atoms with E-state index in [1.54, 1.807) is 18.6 Å². The van der Waals surface area contributed by atoms with E-state index in [0.29, 0.717) is 23.6 Å². The molecule has 0 bridgehead atoms. The Bertz CT molecular complexity index is 770. The number of carbonyl (C=O) groups is 1. The van der Waals surface area contributed by atoms with E-state index in [1.807, 2.05) is 19.9 Å². The molecule has 3 rings (SSSR count). The Balaban J connectivity index is 0.000000297. The Hall–Kier alpha value is -2.05. The summed E-state index contributed by atoms with van der Waals surface area (Å²) in [5, 5.41) is 6.67. The van der Waals surface area contributed by atoms with E-state index in [1.165, 1.54) is 32.1 Å². The number of aromatic amines is 1. The van der Waals surface area contributed by atoms with Gasteiger partial charge in [0, 0.05) is 53.7 Å². The van der Waals surface area contributed by atoms with E-state index < -0.39 is 0 Å². The number of hydrogen-bond acceptors (Lipinski definition) is 4. The first-order valence-corrected chi connectivity index (χ1v) is 11.3. The third kappa shape index (κ3) is 7.65. The molecule has 1 aliphatic carbocycles. The van der Waals surface area contributed by atoms with Gasteiger partial charge in [-0.2, -0.15) is 0 Å². The molecule has 30 heavy (non-hydrogen) atoms. The first-order chi connectivity index (χ1) is 14.4. The number of aromatic nitrogens is 2. The van der Waals surface area contributed by atoms with Gasteiger partial charge in [-0.25, -0.2) is 4.98 Å². The number of carbonyl (C=O) groups excluding carboxylic acids is 1. The highest BCUT2D eigenvalue weighted by atomic mass is 35.5. The van der Waals surface area contributed by atoms with Gasteiger partial charge in [-0.15, -0.1) is 0 Å². The fourth-order valence-electron chi connectivity index (χ4n) is 3.71. The second kappa shape index (κ2) is 12.6. The zero-order valence-electron chi connectivity index (χ0n) is 18.7. The number of anilines is 1. The van der Waals surface area contributed by atoms with Crippen LogP contribution >= 0.6 is 11.6 Å². The van der Waals surface area contributed by atoms with Crippen LogP contribution in [0.4, 0.5) is 5.69 Å². The number of nitrogens with zero attached hydrogens (tertiary/aromatic N) is 2. The van der Waals surface area contributed by atoms with Crippen LogP contribution in [0.25, 0.3) is 0 Å². The van der Waals surface area contributed by atoms with Gasteiger partial charge < -0.3 is 20.5 Å². The zero-order chi connectivity index (χ0) is 21.9. The Morgan fingerprint density at radius 2 is 2.00 bits per heavy atom. The van der Waals surface area contributed by atoms with Crippen molar-refractivity contribution in [2.24, 2.45) is 0 Å².